The molecule has 0 saturated heterocycles. The van der Waals surface area contributed by atoms with Crippen molar-refractivity contribution in [3.63, 3.8) is 0 Å². The van der Waals surface area contributed by atoms with Gasteiger partial charge in [0.2, 0.25) is 0 Å². The first kappa shape index (κ1) is 19.8. The third-order valence-electron chi connectivity index (χ3n) is 4.35. The fraction of sp³-hybridized carbons (Fsp3) is 0.0455. The number of hydrogen-bond acceptors (Lipinski definition) is 5. The van der Waals surface area contributed by atoms with Crippen molar-refractivity contribution in [2.75, 3.05) is 10.6 Å². The highest BCUT2D eigenvalue weighted by molar-refractivity contribution is 6.04. The Hall–Kier alpha value is -4.53. The van der Waals surface area contributed by atoms with Gasteiger partial charge in [0.15, 0.2) is 5.82 Å². The van der Waals surface area contributed by atoms with Crippen LogP contribution in [0, 0.1) is 0 Å². The first-order chi connectivity index (χ1) is 15.2. The number of carbonyl (C=O) groups excluding carboxylic acids is 2. The molecule has 0 bridgehead atoms. The Morgan fingerprint density at radius 2 is 1.68 bits per heavy atom. The molecule has 0 atom stereocenters. The van der Waals surface area contributed by atoms with Crippen molar-refractivity contribution in [3.05, 3.63) is 96.7 Å². The fourth-order valence-electron chi connectivity index (χ4n) is 2.90. The smallest absolute Gasteiger partial charge is 0.319 e. The number of nitrogens with one attached hydrogen (secondary N) is 3. The zero-order chi connectivity index (χ0) is 21.5. The van der Waals surface area contributed by atoms with Gasteiger partial charge in [0.25, 0.3) is 5.91 Å². The zero-order valence-electron chi connectivity index (χ0n) is 16.4. The predicted octanol–water partition coefficient (Wildman–Crippen LogP) is 3.24. The first-order valence-electron chi connectivity index (χ1n) is 9.49. The maximum Gasteiger partial charge on any atom is 0.319 e. The molecule has 154 valence electrons. The molecule has 0 aliphatic carbocycles. The van der Waals surface area contributed by atoms with Gasteiger partial charge in [-0.3, -0.25) is 9.78 Å². The number of hydrogen-bond donors (Lipinski definition) is 3. The number of pyridine rings is 2. The molecule has 0 spiro atoms. The maximum atomic E-state index is 12.4. The highest BCUT2D eigenvalue weighted by Gasteiger charge is 2.09. The average Bonchev–Trinajstić information content (AvgIpc) is 3.33. The van der Waals surface area contributed by atoms with Gasteiger partial charge in [0, 0.05) is 60.0 Å². The third kappa shape index (κ3) is 5.10. The minimum Gasteiger partial charge on any atom is -0.334 e. The number of nitrogens with zero attached hydrogens (tertiary/aromatic N) is 4. The Morgan fingerprint density at radius 3 is 2.45 bits per heavy atom. The van der Waals surface area contributed by atoms with E-state index in [9.17, 15) is 9.59 Å². The Kier molecular flexibility index (Phi) is 5.94. The lowest BCUT2D eigenvalue weighted by Crippen LogP contribution is -2.28. The molecule has 1 aromatic carbocycles. The molecular formula is C22H19N7O2. The second-order valence-corrected chi connectivity index (χ2v) is 6.52. The summed E-state index contributed by atoms with van der Waals surface area (Å²) in [6.45, 7) is 0.271. The topological polar surface area (TPSA) is 114 Å². The summed E-state index contributed by atoms with van der Waals surface area (Å²) in [6.07, 6.45) is 8.23. The Balaban J connectivity index is 1.37. The van der Waals surface area contributed by atoms with Crippen LogP contribution in [0.3, 0.4) is 0 Å². The SMILES string of the molecule is O=C(NCc1cccnc1-n1cccn1)Nc1cccc(NC(=O)c2ccncc2)c1. The van der Waals surface area contributed by atoms with Crippen molar-refractivity contribution in [1.29, 1.82) is 0 Å². The van der Waals surface area contributed by atoms with Crippen molar-refractivity contribution < 1.29 is 9.59 Å². The van der Waals surface area contributed by atoms with Crippen molar-refractivity contribution >= 4 is 23.3 Å². The van der Waals surface area contributed by atoms with Crippen LogP contribution in [0.1, 0.15) is 15.9 Å². The number of aromatic nitrogens is 4. The van der Waals surface area contributed by atoms with Gasteiger partial charge in [-0.05, 0) is 42.5 Å². The molecule has 4 rings (SSSR count). The van der Waals surface area contributed by atoms with Crippen LogP contribution in [0.2, 0.25) is 0 Å². The molecule has 9 nitrogen and oxygen atoms in total. The summed E-state index contributed by atoms with van der Waals surface area (Å²) in [5.41, 5.74) is 2.42. The summed E-state index contributed by atoms with van der Waals surface area (Å²) in [6, 6.07) is 15.3. The number of carbonyl (C=O) groups is 2. The summed E-state index contributed by atoms with van der Waals surface area (Å²) in [7, 11) is 0. The first-order valence-corrected chi connectivity index (χ1v) is 9.49. The van der Waals surface area contributed by atoms with E-state index >= 15 is 0 Å². The molecule has 3 N–H and O–H groups in total. The van der Waals surface area contributed by atoms with Gasteiger partial charge >= 0.3 is 6.03 Å². The lowest BCUT2D eigenvalue weighted by Gasteiger charge is -2.12. The van der Waals surface area contributed by atoms with Gasteiger partial charge in [-0.15, -0.1) is 0 Å². The lowest BCUT2D eigenvalue weighted by atomic mass is 10.2. The van der Waals surface area contributed by atoms with Gasteiger partial charge in [-0.25, -0.2) is 14.5 Å². The molecule has 4 aromatic rings. The Labute approximate surface area is 178 Å². The summed E-state index contributed by atoms with van der Waals surface area (Å²) in [5.74, 6) is 0.389. The van der Waals surface area contributed by atoms with E-state index in [4.69, 9.17) is 0 Å². The van der Waals surface area contributed by atoms with Crippen LogP contribution in [-0.4, -0.2) is 31.7 Å². The summed E-state index contributed by atoms with van der Waals surface area (Å²) < 4.78 is 1.64. The van der Waals surface area contributed by atoms with Crippen LogP contribution in [0.5, 0.6) is 0 Å². The van der Waals surface area contributed by atoms with Crippen LogP contribution in [0.15, 0.2) is 85.6 Å². The molecule has 9 heteroatoms. The van der Waals surface area contributed by atoms with E-state index in [0.29, 0.717) is 22.8 Å². The van der Waals surface area contributed by atoms with Gasteiger partial charge < -0.3 is 16.0 Å². The average molecular weight is 413 g/mol. The number of rotatable bonds is 6. The van der Waals surface area contributed by atoms with Gasteiger partial charge in [0.1, 0.15) is 0 Å². The summed E-state index contributed by atoms with van der Waals surface area (Å²) in [4.78, 5) is 32.9. The quantitative estimate of drug-likeness (QED) is 0.449. The predicted molar refractivity (Wildman–Crippen MR) is 116 cm³/mol. The molecular weight excluding hydrogens is 394 g/mol. The van der Waals surface area contributed by atoms with E-state index in [1.54, 1.807) is 84.2 Å². The normalized spacial score (nSPS) is 10.3. The number of benzene rings is 1. The molecule has 0 aliphatic rings. The molecule has 3 heterocycles. The van der Waals surface area contributed by atoms with Gasteiger partial charge in [-0.1, -0.05) is 12.1 Å². The van der Waals surface area contributed by atoms with E-state index in [-0.39, 0.29) is 18.5 Å². The van der Waals surface area contributed by atoms with E-state index in [0.717, 1.165) is 5.56 Å². The molecule has 0 aliphatic heterocycles. The molecule has 3 amide bonds. The van der Waals surface area contributed by atoms with E-state index in [1.807, 2.05) is 6.07 Å². The molecule has 3 aromatic heterocycles. The van der Waals surface area contributed by atoms with Gasteiger partial charge in [-0.2, -0.15) is 5.10 Å². The second-order valence-electron chi connectivity index (χ2n) is 6.52. The molecule has 31 heavy (non-hydrogen) atoms. The van der Waals surface area contributed by atoms with Crippen LogP contribution >= 0.6 is 0 Å². The van der Waals surface area contributed by atoms with Crippen molar-refractivity contribution in [2.45, 2.75) is 6.54 Å². The number of anilines is 2. The largest absolute Gasteiger partial charge is 0.334 e. The van der Waals surface area contributed by atoms with Crippen LogP contribution < -0.4 is 16.0 Å². The Bertz CT molecular complexity index is 1180. The minimum atomic E-state index is -0.382. The third-order valence-corrected chi connectivity index (χ3v) is 4.35. The van der Waals surface area contributed by atoms with Crippen LogP contribution in [0.4, 0.5) is 16.2 Å². The highest BCUT2D eigenvalue weighted by atomic mass is 16.2. The van der Waals surface area contributed by atoms with Crippen molar-refractivity contribution in [3.8, 4) is 5.82 Å². The lowest BCUT2D eigenvalue weighted by molar-refractivity contribution is 0.102. The number of urea groups is 1. The zero-order valence-corrected chi connectivity index (χ0v) is 16.4. The minimum absolute atomic E-state index is 0.258. The molecule has 0 unspecified atom stereocenters. The highest BCUT2D eigenvalue weighted by Crippen LogP contribution is 2.16. The molecule has 0 fully saturated rings. The van der Waals surface area contributed by atoms with Crippen molar-refractivity contribution in [2.24, 2.45) is 0 Å². The fourth-order valence-corrected chi connectivity index (χ4v) is 2.90. The standard InChI is InChI=1S/C22H19N7O2/c30-21(16-7-11-23-12-8-16)27-18-5-1-6-19(14-18)28-22(31)25-15-17-4-2-9-24-20(17)29-13-3-10-26-29/h1-14H,15H2,(H,27,30)(H2,25,28,31). The van der Waals surface area contributed by atoms with Gasteiger partial charge in [0.05, 0.1) is 0 Å². The van der Waals surface area contributed by atoms with Crippen LogP contribution in [-0.2, 0) is 6.54 Å². The number of amides is 3. The maximum absolute atomic E-state index is 12.4. The summed E-state index contributed by atoms with van der Waals surface area (Å²) in [5, 5.41) is 12.6. The van der Waals surface area contributed by atoms with E-state index in [1.165, 1.54) is 0 Å². The van der Waals surface area contributed by atoms with Crippen molar-refractivity contribution in [1.82, 2.24) is 25.1 Å². The van der Waals surface area contributed by atoms with Crippen LogP contribution in [0.25, 0.3) is 5.82 Å². The van der Waals surface area contributed by atoms with E-state index in [2.05, 4.69) is 31.0 Å². The van der Waals surface area contributed by atoms with E-state index < -0.39 is 0 Å². The molecule has 0 radical (unpaired) electrons. The summed E-state index contributed by atoms with van der Waals surface area (Å²) >= 11 is 0. The Morgan fingerprint density at radius 1 is 0.871 bits per heavy atom. The second kappa shape index (κ2) is 9.31. The monoisotopic (exact) mass is 413 g/mol. The molecule has 0 saturated carbocycles.